The zero-order chi connectivity index (χ0) is 33.9. The third kappa shape index (κ3) is 4.11. The van der Waals surface area contributed by atoms with E-state index in [0.29, 0.717) is 0 Å². The Balaban J connectivity index is 1.05. The Morgan fingerprint density at radius 1 is 0.558 bits per heavy atom. The molecule has 1 unspecified atom stereocenters. The van der Waals surface area contributed by atoms with Crippen molar-refractivity contribution in [3.63, 3.8) is 0 Å². The smallest absolute Gasteiger partial charge is 0.166 e. The average Bonchev–Trinajstić information content (AvgIpc) is 3.99. The Hall–Kier alpha value is -5.66. The zero-order valence-electron chi connectivity index (χ0n) is 27.7. The normalized spacial score (nSPS) is 15.2. The number of fused-ring (bicyclic) bond motifs is 13. The van der Waals surface area contributed by atoms with Crippen molar-refractivity contribution >= 4 is 112 Å². The highest BCUT2D eigenvalue weighted by Crippen LogP contribution is 2.55. The Morgan fingerprint density at radius 2 is 1.12 bits per heavy atom. The second-order valence-corrected chi connectivity index (χ2v) is 16.8. The molecular formula is C46H28N2OS3. The number of aromatic nitrogens is 1. The van der Waals surface area contributed by atoms with Gasteiger partial charge in [-0.3, -0.25) is 0 Å². The summed E-state index contributed by atoms with van der Waals surface area (Å²) in [6.07, 6.45) is 7.47. The summed E-state index contributed by atoms with van der Waals surface area (Å²) in [5.74, 6) is 2.29. The molecule has 0 spiro atoms. The third-order valence-electron chi connectivity index (χ3n) is 10.7. The van der Waals surface area contributed by atoms with Crippen molar-refractivity contribution in [1.82, 2.24) is 4.57 Å². The molecule has 6 heteroatoms. The highest BCUT2D eigenvalue weighted by molar-refractivity contribution is 7.26. The molecule has 5 heterocycles. The lowest BCUT2D eigenvalue weighted by atomic mass is 9.96. The van der Waals surface area contributed by atoms with Crippen molar-refractivity contribution in [3.8, 4) is 11.4 Å². The largest absolute Gasteiger partial charge is 0.458 e. The first-order valence-corrected chi connectivity index (χ1v) is 20.1. The summed E-state index contributed by atoms with van der Waals surface area (Å²) < 4.78 is 16.9. The molecule has 0 N–H and O–H groups in total. The zero-order valence-corrected chi connectivity index (χ0v) is 30.2. The number of allylic oxidation sites excluding steroid dienone is 4. The van der Waals surface area contributed by atoms with Crippen LogP contribution < -0.4 is 9.64 Å². The standard InChI is InChI=1S/C46H28N2OS3/c1-5-13-37-35(11-1)43-45(49-37)46-44(36-12-4-8-16-40(36)52-46)48(43)28-19-17-27(18-20-28)47(29-21-23-33-31-9-2-6-14-38(31)50-41(33)25-29)30-22-24-34-32-10-3-7-15-39(32)51-42(34)26-30/h1-10,12-26,35H,11H2. The van der Waals surface area contributed by atoms with Crippen LogP contribution in [0.2, 0.25) is 0 Å². The summed E-state index contributed by atoms with van der Waals surface area (Å²) in [5, 5.41) is 6.52. The molecular weight excluding hydrogens is 693 g/mol. The first-order valence-electron chi connectivity index (χ1n) is 17.6. The Morgan fingerprint density at radius 3 is 1.77 bits per heavy atom. The van der Waals surface area contributed by atoms with Gasteiger partial charge in [0.25, 0.3) is 0 Å². The summed E-state index contributed by atoms with van der Waals surface area (Å²) in [6, 6.07) is 49.3. The van der Waals surface area contributed by atoms with Crippen molar-refractivity contribution in [2.75, 3.05) is 4.90 Å². The first-order chi connectivity index (χ1) is 25.8. The van der Waals surface area contributed by atoms with Crippen LogP contribution in [0.5, 0.6) is 5.75 Å². The minimum Gasteiger partial charge on any atom is -0.458 e. The Bertz CT molecular complexity index is 3040. The van der Waals surface area contributed by atoms with Gasteiger partial charge in [0.1, 0.15) is 5.76 Å². The number of ether oxygens (including phenoxy) is 1. The number of hydrogen-bond donors (Lipinski definition) is 0. The van der Waals surface area contributed by atoms with Gasteiger partial charge in [-0.2, -0.15) is 0 Å². The Kier molecular flexibility index (Phi) is 6.09. The maximum atomic E-state index is 6.64. The second-order valence-electron chi connectivity index (χ2n) is 13.6. The van der Waals surface area contributed by atoms with Crippen LogP contribution in [-0.2, 0) is 0 Å². The highest BCUT2D eigenvalue weighted by atomic mass is 32.1. The summed E-state index contributed by atoms with van der Waals surface area (Å²) in [5.41, 5.74) is 7.08. The van der Waals surface area contributed by atoms with Crippen molar-refractivity contribution < 1.29 is 4.74 Å². The number of hydrogen-bond acceptors (Lipinski definition) is 5. The fraction of sp³-hybridized carbons (Fsp3) is 0.0435. The molecule has 2 aliphatic rings. The van der Waals surface area contributed by atoms with E-state index in [0.717, 1.165) is 40.7 Å². The van der Waals surface area contributed by atoms with E-state index in [1.54, 1.807) is 0 Å². The van der Waals surface area contributed by atoms with Crippen LogP contribution in [0.4, 0.5) is 17.1 Å². The van der Waals surface area contributed by atoms with E-state index < -0.39 is 0 Å². The maximum Gasteiger partial charge on any atom is 0.166 e. The van der Waals surface area contributed by atoms with E-state index in [4.69, 9.17) is 4.74 Å². The van der Waals surface area contributed by atoms with Gasteiger partial charge in [-0.15, -0.1) is 34.0 Å². The quantitative estimate of drug-likeness (QED) is 0.180. The van der Waals surface area contributed by atoms with Crippen molar-refractivity contribution in [2.45, 2.75) is 12.3 Å². The Labute approximate surface area is 311 Å². The predicted molar refractivity (Wildman–Crippen MR) is 224 cm³/mol. The van der Waals surface area contributed by atoms with Gasteiger partial charge in [-0.1, -0.05) is 78.9 Å². The molecule has 6 aromatic carbocycles. The first kappa shape index (κ1) is 29.0. The van der Waals surface area contributed by atoms with Gasteiger partial charge in [0, 0.05) is 73.2 Å². The molecule has 0 bridgehead atoms. The van der Waals surface area contributed by atoms with E-state index in [9.17, 15) is 0 Å². The lowest BCUT2D eigenvalue weighted by molar-refractivity contribution is 0.429. The molecule has 10 aromatic rings. The molecule has 0 radical (unpaired) electrons. The summed E-state index contributed by atoms with van der Waals surface area (Å²) in [4.78, 5) is 2.42. The van der Waals surface area contributed by atoms with Crippen LogP contribution >= 0.6 is 34.0 Å². The molecule has 0 saturated heterocycles. The van der Waals surface area contributed by atoms with Crippen LogP contribution in [0, 0.1) is 0 Å². The van der Waals surface area contributed by atoms with Gasteiger partial charge in [0.2, 0.25) is 0 Å². The van der Waals surface area contributed by atoms with Gasteiger partial charge in [0.15, 0.2) is 5.75 Å². The lowest BCUT2D eigenvalue weighted by Gasteiger charge is -2.26. The summed E-state index contributed by atoms with van der Waals surface area (Å²) >= 11 is 5.57. The molecule has 0 fully saturated rings. The van der Waals surface area contributed by atoms with Gasteiger partial charge < -0.3 is 14.2 Å². The van der Waals surface area contributed by atoms with E-state index in [-0.39, 0.29) is 5.92 Å². The second kappa shape index (κ2) is 10.9. The lowest BCUT2D eigenvalue weighted by Crippen LogP contribution is -2.10. The highest BCUT2D eigenvalue weighted by Gasteiger charge is 2.38. The van der Waals surface area contributed by atoms with E-state index >= 15 is 0 Å². The van der Waals surface area contributed by atoms with Gasteiger partial charge >= 0.3 is 0 Å². The molecule has 1 atom stereocenters. The minimum absolute atomic E-state index is 0.218. The van der Waals surface area contributed by atoms with Crippen molar-refractivity contribution in [2.24, 2.45) is 0 Å². The fourth-order valence-electron chi connectivity index (χ4n) is 8.41. The van der Waals surface area contributed by atoms with Crippen LogP contribution in [0.1, 0.15) is 18.0 Å². The molecule has 52 heavy (non-hydrogen) atoms. The van der Waals surface area contributed by atoms with Crippen LogP contribution in [0.25, 0.3) is 66.3 Å². The van der Waals surface area contributed by atoms with E-state index in [1.807, 2.05) is 34.0 Å². The number of benzene rings is 6. The van der Waals surface area contributed by atoms with Crippen LogP contribution in [-0.4, -0.2) is 4.57 Å². The molecule has 0 saturated carbocycles. The molecule has 12 rings (SSSR count). The average molecular weight is 721 g/mol. The SMILES string of the molecule is C1=CCC2C(=C1)Oc1c2n(-c2ccc(N(c3ccc4c(c3)sc3ccccc34)c3ccc4c(c3)sc3ccccc34)cc2)c2c1sc1ccccc12. The molecule has 4 aromatic heterocycles. The van der Waals surface area contributed by atoms with Crippen molar-refractivity contribution in [1.29, 1.82) is 0 Å². The third-order valence-corrected chi connectivity index (χ3v) is 14.2. The number of rotatable bonds is 4. The topological polar surface area (TPSA) is 17.4 Å². The number of nitrogens with zero attached hydrogens (tertiary/aromatic N) is 2. The molecule has 3 nitrogen and oxygen atoms in total. The number of thiophene rings is 3. The molecule has 0 amide bonds. The minimum atomic E-state index is 0.218. The summed E-state index contributed by atoms with van der Waals surface area (Å²) in [6.45, 7) is 0. The van der Waals surface area contributed by atoms with E-state index in [1.165, 1.54) is 66.3 Å². The summed E-state index contributed by atoms with van der Waals surface area (Å²) in [7, 11) is 0. The monoisotopic (exact) mass is 720 g/mol. The molecule has 1 aliphatic heterocycles. The maximum absolute atomic E-state index is 6.64. The van der Waals surface area contributed by atoms with Gasteiger partial charge in [0.05, 0.1) is 21.8 Å². The van der Waals surface area contributed by atoms with Gasteiger partial charge in [-0.25, -0.2) is 0 Å². The predicted octanol–water partition coefficient (Wildman–Crippen LogP) is 14.4. The van der Waals surface area contributed by atoms with Gasteiger partial charge in [-0.05, 0) is 79.2 Å². The van der Waals surface area contributed by atoms with Crippen LogP contribution in [0.15, 0.2) is 157 Å². The van der Waals surface area contributed by atoms with E-state index in [2.05, 4.69) is 161 Å². The van der Waals surface area contributed by atoms with Crippen molar-refractivity contribution in [3.05, 3.63) is 163 Å². The molecule has 246 valence electrons. The molecule has 1 aliphatic carbocycles. The fourth-order valence-corrected chi connectivity index (χ4v) is 11.9. The van der Waals surface area contributed by atoms with Crippen LogP contribution in [0.3, 0.4) is 0 Å². The number of anilines is 3.